The molecule has 104 valence electrons. The Bertz CT molecular complexity index is 438. The molecule has 0 saturated heterocycles. The Labute approximate surface area is 131 Å². The monoisotopic (exact) mass is 464 g/mol. The van der Waals surface area contributed by atoms with Crippen LogP contribution in [0.5, 0.6) is 0 Å². The van der Waals surface area contributed by atoms with Gasteiger partial charge in [-0.05, 0) is 0 Å². The van der Waals surface area contributed by atoms with Crippen LogP contribution < -0.4 is 0 Å². The van der Waals surface area contributed by atoms with Crippen molar-refractivity contribution in [2.24, 2.45) is 5.92 Å². The number of halogens is 2. The summed E-state index contributed by atoms with van der Waals surface area (Å²) in [6.07, 6.45) is 6.63. The third kappa shape index (κ3) is 4.25. The summed E-state index contributed by atoms with van der Waals surface area (Å²) in [5, 5.41) is 0. The first-order chi connectivity index (χ1) is 9.09. The predicted molar refractivity (Wildman–Crippen MR) is 82.9 cm³/mol. The van der Waals surface area contributed by atoms with Gasteiger partial charge in [-0.25, -0.2) is 0 Å². The van der Waals surface area contributed by atoms with Crippen molar-refractivity contribution in [1.29, 1.82) is 0 Å². The van der Waals surface area contributed by atoms with Gasteiger partial charge in [-0.15, -0.1) is 0 Å². The molecule has 1 aliphatic carbocycles. The molecule has 0 bridgehead atoms. The van der Waals surface area contributed by atoms with Crippen LogP contribution in [0.1, 0.15) is 63.0 Å². The van der Waals surface area contributed by atoms with E-state index in [0.717, 1.165) is 0 Å². The van der Waals surface area contributed by atoms with Gasteiger partial charge in [-0.1, -0.05) is 0 Å². The maximum atomic E-state index is 6.46. The van der Waals surface area contributed by atoms with Crippen molar-refractivity contribution >= 4 is 20.4 Å². The average molecular weight is 464 g/mol. The molecule has 0 N–H and O–H groups in total. The molecule has 0 radical (unpaired) electrons. The average Bonchev–Trinajstić information content (AvgIpc) is 2.40. The molecule has 0 unspecified atom stereocenters. The topological polar surface area (TPSA) is 0 Å². The Morgan fingerprint density at radius 2 is 1.63 bits per heavy atom. The van der Waals surface area contributed by atoms with E-state index in [1.807, 2.05) is 0 Å². The number of benzene rings is 1. The fourth-order valence-corrected chi connectivity index (χ4v) is 10.8. The zero-order chi connectivity index (χ0) is 13.8. The summed E-state index contributed by atoms with van der Waals surface area (Å²) in [5.41, 5.74) is 2.71. The van der Waals surface area contributed by atoms with Crippen molar-refractivity contribution in [3.63, 3.8) is 0 Å². The van der Waals surface area contributed by atoms with E-state index in [-0.39, 0.29) is 0 Å². The molecular formula is C16H22Cl2Hf. The van der Waals surface area contributed by atoms with Crippen LogP contribution >= 0.6 is 17.2 Å². The number of hydrogen-bond acceptors (Lipinski definition) is 0. The zero-order valence-corrected chi connectivity index (χ0v) is 16.9. The maximum absolute atomic E-state index is 6.46. The summed E-state index contributed by atoms with van der Waals surface area (Å²) in [5.74, 6) is 1.25. The van der Waals surface area contributed by atoms with Crippen LogP contribution in [0, 0.1) is 5.92 Å². The standard InChI is InChI=1S/C16H22.2ClH.Hf/c1-13(2)16-10-8-15(9-11-16)12-14-6-4-3-5-7-14;;;/h8-11,13-14H,3-7H2,1-2H3;2*1H;/q;;;+2/p-2. The van der Waals surface area contributed by atoms with E-state index in [0.29, 0.717) is 11.8 Å². The second-order valence-electron chi connectivity index (χ2n) is 5.79. The molecule has 1 aliphatic rings. The zero-order valence-electron chi connectivity index (χ0n) is 11.8. The van der Waals surface area contributed by atoms with Gasteiger partial charge in [0.05, 0.1) is 0 Å². The summed E-state index contributed by atoms with van der Waals surface area (Å²) >= 11 is -2.50. The van der Waals surface area contributed by atoms with Crippen molar-refractivity contribution in [3.8, 4) is 0 Å². The Kier molecular flexibility index (Phi) is 6.30. The van der Waals surface area contributed by atoms with Gasteiger partial charge in [0, 0.05) is 0 Å². The fraction of sp³-hybridized carbons (Fsp3) is 0.562. The van der Waals surface area contributed by atoms with Crippen LogP contribution in [-0.4, -0.2) is 3.26 Å². The molecule has 3 heteroatoms. The Balaban J connectivity index is 2.27. The minimum absolute atomic E-state index is 0.582. The van der Waals surface area contributed by atoms with Crippen molar-refractivity contribution < 1.29 is 18.6 Å². The Morgan fingerprint density at radius 1 is 1.05 bits per heavy atom. The fourth-order valence-electron chi connectivity index (χ4n) is 2.94. The molecule has 1 saturated carbocycles. The summed E-state index contributed by atoms with van der Waals surface area (Å²) in [6, 6.07) is 8.97. The van der Waals surface area contributed by atoms with Crippen molar-refractivity contribution in [3.05, 3.63) is 35.4 Å². The quantitative estimate of drug-likeness (QED) is 0.494. The Hall–Kier alpha value is 0.540. The molecule has 0 heterocycles. The van der Waals surface area contributed by atoms with Crippen molar-refractivity contribution in [2.75, 3.05) is 0 Å². The first-order valence-electron chi connectivity index (χ1n) is 7.25. The van der Waals surface area contributed by atoms with Gasteiger partial charge in [0.2, 0.25) is 0 Å². The molecule has 2 rings (SSSR count). The van der Waals surface area contributed by atoms with Crippen molar-refractivity contribution in [2.45, 2.75) is 51.9 Å². The normalized spacial score (nSPS) is 16.7. The molecule has 19 heavy (non-hydrogen) atoms. The van der Waals surface area contributed by atoms with Gasteiger partial charge in [0.15, 0.2) is 0 Å². The molecular weight excluding hydrogens is 442 g/mol. The molecule has 0 atom stereocenters. The molecule has 0 amide bonds. The SMILES string of the molecule is CC(C)c1ccc([C](C2CCCCC2)=[Hf]([Cl])[Cl])cc1. The van der Waals surface area contributed by atoms with E-state index in [1.165, 1.54) is 46.5 Å². The summed E-state index contributed by atoms with van der Waals surface area (Å²) in [6.45, 7) is 4.46. The van der Waals surface area contributed by atoms with E-state index in [9.17, 15) is 0 Å². The molecule has 0 spiro atoms. The molecule has 0 aromatic heterocycles. The minimum atomic E-state index is -2.50. The van der Waals surface area contributed by atoms with E-state index in [4.69, 9.17) is 17.2 Å². The van der Waals surface area contributed by atoms with Crippen LogP contribution in [0.15, 0.2) is 24.3 Å². The van der Waals surface area contributed by atoms with Crippen LogP contribution in [-0.2, 0) is 18.6 Å². The van der Waals surface area contributed by atoms with E-state index < -0.39 is 18.6 Å². The third-order valence-electron chi connectivity index (χ3n) is 4.11. The summed E-state index contributed by atoms with van der Waals surface area (Å²) in [7, 11) is 12.9. The van der Waals surface area contributed by atoms with Crippen LogP contribution in [0.25, 0.3) is 0 Å². The second-order valence-corrected chi connectivity index (χ2v) is 17.4. The summed E-state index contributed by atoms with van der Waals surface area (Å²) in [4.78, 5) is 0. The van der Waals surface area contributed by atoms with E-state index >= 15 is 0 Å². The summed E-state index contributed by atoms with van der Waals surface area (Å²) < 4.78 is 1.45. The number of hydrogen-bond donors (Lipinski definition) is 0. The van der Waals surface area contributed by atoms with Crippen LogP contribution in [0.2, 0.25) is 0 Å². The molecule has 1 aromatic carbocycles. The van der Waals surface area contributed by atoms with Crippen molar-refractivity contribution in [1.82, 2.24) is 0 Å². The predicted octanol–water partition coefficient (Wildman–Crippen LogP) is 5.84. The Morgan fingerprint density at radius 3 is 2.11 bits per heavy atom. The van der Waals surface area contributed by atoms with Crippen LogP contribution in [0.4, 0.5) is 0 Å². The second kappa shape index (κ2) is 7.52. The van der Waals surface area contributed by atoms with E-state index in [1.54, 1.807) is 0 Å². The van der Waals surface area contributed by atoms with Gasteiger partial charge in [0.25, 0.3) is 0 Å². The van der Waals surface area contributed by atoms with Gasteiger partial charge in [-0.2, -0.15) is 0 Å². The molecule has 0 nitrogen and oxygen atoms in total. The first-order valence-corrected chi connectivity index (χ1v) is 17.9. The van der Waals surface area contributed by atoms with Gasteiger partial charge >= 0.3 is 132 Å². The molecule has 1 aromatic rings. The van der Waals surface area contributed by atoms with Gasteiger partial charge in [-0.3, -0.25) is 0 Å². The van der Waals surface area contributed by atoms with Gasteiger partial charge < -0.3 is 0 Å². The van der Waals surface area contributed by atoms with Gasteiger partial charge in [0.1, 0.15) is 0 Å². The molecule has 0 aliphatic heterocycles. The third-order valence-corrected chi connectivity index (χ3v) is 11.4. The van der Waals surface area contributed by atoms with Crippen LogP contribution in [0.3, 0.4) is 0 Å². The number of rotatable bonds is 3. The first kappa shape index (κ1) is 15.9. The van der Waals surface area contributed by atoms with E-state index in [2.05, 4.69) is 38.1 Å². The molecule has 1 fully saturated rings.